The van der Waals surface area contributed by atoms with Crippen LogP contribution in [-0.2, 0) is 24.7 Å². The van der Waals surface area contributed by atoms with Crippen molar-refractivity contribution in [1.29, 1.82) is 0 Å². The van der Waals surface area contributed by atoms with Gasteiger partial charge in [-0.1, -0.05) is 0 Å². The van der Waals surface area contributed by atoms with Crippen LogP contribution in [0.15, 0.2) is 18.5 Å². The third-order valence-corrected chi connectivity index (χ3v) is 6.54. The van der Waals surface area contributed by atoms with E-state index in [-0.39, 0.29) is 11.3 Å². The van der Waals surface area contributed by atoms with Crippen LogP contribution in [-0.4, -0.2) is 38.8 Å². The van der Waals surface area contributed by atoms with Crippen LogP contribution in [0.2, 0.25) is 0 Å². The molecule has 2 N–H and O–H groups in total. The van der Waals surface area contributed by atoms with Gasteiger partial charge in [0.05, 0.1) is 11.3 Å². The number of anilines is 1. The van der Waals surface area contributed by atoms with Crippen molar-refractivity contribution in [1.82, 2.24) is 19.9 Å². The second kappa shape index (κ2) is 6.29. The van der Waals surface area contributed by atoms with Crippen molar-refractivity contribution in [2.75, 3.05) is 18.8 Å². The van der Waals surface area contributed by atoms with Gasteiger partial charge in [0.2, 0.25) is 5.95 Å². The highest BCUT2D eigenvalue weighted by atomic mass is 16.2. The molecular weight excluding hydrogens is 338 g/mol. The molecule has 27 heavy (non-hydrogen) atoms. The van der Waals surface area contributed by atoms with Crippen molar-refractivity contribution < 1.29 is 4.79 Å². The lowest BCUT2D eigenvalue weighted by Gasteiger charge is -2.40. The maximum absolute atomic E-state index is 13.2. The smallest absolute Gasteiger partial charge is 0.255 e. The van der Waals surface area contributed by atoms with Gasteiger partial charge in [0, 0.05) is 36.6 Å². The molecular formula is C21H25N5O. The summed E-state index contributed by atoms with van der Waals surface area (Å²) >= 11 is 0. The first kappa shape index (κ1) is 16.7. The molecule has 5 rings (SSSR count). The van der Waals surface area contributed by atoms with E-state index in [1.165, 1.54) is 29.7 Å². The first-order valence-electron chi connectivity index (χ1n) is 10.0. The molecule has 2 aromatic heterocycles. The molecule has 6 nitrogen and oxygen atoms in total. The maximum Gasteiger partial charge on any atom is 0.255 e. The van der Waals surface area contributed by atoms with E-state index in [9.17, 15) is 4.79 Å². The zero-order valence-electron chi connectivity index (χ0n) is 15.6. The van der Waals surface area contributed by atoms with Gasteiger partial charge in [-0.05, 0) is 68.6 Å². The van der Waals surface area contributed by atoms with Crippen molar-refractivity contribution in [2.24, 2.45) is 0 Å². The van der Waals surface area contributed by atoms with E-state index < -0.39 is 0 Å². The summed E-state index contributed by atoms with van der Waals surface area (Å²) in [5, 5.41) is 0. The average Bonchev–Trinajstić information content (AvgIpc) is 3.04. The van der Waals surface area contributed by atoms with Crippen LogP contribution in [0.25, 0.3) is 0 Å². The minimum Gasteiger partial charge on any atom is -0.368 e. The number of pyridine rings is 1. The van der Waals surface area contributed by atoms with Gasteiger partial charge in [0.1, 0.15) is 0 Å². The number of rotatable bonds is 1. The van der Waals surface area contributed by atoms with Crippen LogP contribution in [0.3, 0.4) is 0 Å². The number of nitrogen functional groups attached to an aromatic ring is 1. The highest BCUT2D eigenvalue weighted by Gasteiger charge is 2.44. The minimum atomic E-state index is -0.0675. The maximum atomic E-state index is 13.2. The fourth-order valence-corrected chi connectivity index (χ4v) is 5.14. The predicted octanol–water partition coefficient (Wildman–Crippen LogP) is 2.45. The van der Waals surface area contributed by atoms with Gasteiger partial charge in [-0.15, -0.1) is 0 Å². The largest absolute Gasteiger partial charge is 0.368 e. The number of carbonyl (C=O) groups excluding carboxylic acids is 1. The quantitative estimate of drug-likeness (QED) is 0.841. The monoisotopic (exact) mass is 363 g/mol. The number of carbonyl (C=O) groups is 1. The fourth-order valence-electron chi connectivity index (χ4n) is 5.14. The molecule has 0 radical (unpaired) electrons. The Kier molecular flexibility index (Phi) is 3.88. The molecule has 3 heterocycles. The third kappa shape index (κ3) is 2.78. The molecule has 3 aliphatic rings. The van der Waals surface area contributed by atoms with Gasteiger partial charge in [-0.25, -0.2) is 9.97 Å². The summed E-state index contributed by atoms with van der Waals surface area (Å²) in [6.45, 7) is 1.51. The predicted molar refractivity (Wildman–Crippen MR) is 102 cm³/mol. The number of piperidine rings is 1. The Morgan fingerprint density at radius 3 is 2.85 bits per heavy atom. The van der Waals surface area contributed by atoms with Crippen LogP contribution in [0, 0.1) is 0 Å². The number of nitrogens with two attached hydrogens (primary N) is 1. The van der Waals surface area contributed by atoms with Crippen molar-refractivity contribution in [3.8, 4) is 0 Å². The van der Waals surface area contributed by atoms with Crippen LogP contribution < -0.4 is 5.73 Å². The number of nitrogens with zero attached hydrogens (tertiary/aromatic N) is 4. The second-order valence-corrected chi connectivity index (χ2v) is 8.25. The van der Waals surface area contributed by atoms with Crippen LogP contribution in [0.5, 0.6) is 0 Å². The molecule has 140 valence electrons. The molecule has 1 atom stereocenters. The van der Waals surface area contributed by atoms with Crippen molar-refractivity contribution in [2.45, 2.75) is 56.8 Å². The summed E-state index contributed by atoms with van der Waals surface area (Å²) < 4.78 is 0. The highest BCUT2D eigenvalue weighted by Crippen LogP contribution is 2.44. The van der Waals surface area contributed by atoms with E-state index in [0.717, 1.165) is 56.3 Å². The van der Waals surface area contributed by atoms with Crippen LogP contribution >= 0.6 is 0 Å². The van der Waals surface area contributed by atoms with E-state index in [0.29, 0.717) is 12.5 Å². The summed E-state index contributed by atoms with van der Waals surface area (Å²) in [6, 6.07) is 2.08. The average molecular weight is 363 g/mol. The highest BCUT2D eigenvalue weighted by molar-refractivity contribution is 5.94. The number of likely N-dealkylation sites (tertiary alicyclic amines) is 1. The SMILES string of the molecule is Nc1ncc2c(n1)C1(CCCN(C(=O)c3cnc4c(c3)CCCC4)C1)CC2. The Bertz CT molecular complexity index is 907. The van der Waals surface area contributed by atoms with Gasteiger partial charge in [0.15, 0.2) is 0 Å². The standard InChI is InChI=1S/C21H25N5O/c22-20-24-11-15-6-8-21(18(15)25-20)7-3-9-26(13-21)19(27)16-10-14-4-1-2-5-17(14)23-12-16/h10-12H,1-9,13H2,(H2,22,24,25). The molecule has 1 aliphatic heterocycles. The number of aryl methyl sites for hydroxylation is 3. The lowest BCUT2D eigenvalue weighted by atomic mass is 9.77. The zero-order chi connectivity index (χ0) is 18.4. The van der Waals surface area contributed by atoms with E-state index in [1.54, 1.807) is 6.20 Å². The summed E-state index contributed by atoms with van der Waals surface area (Å²) in [7, 11) is 0. The molecule has 0 saturated carbocycles. The number of aromatic nitrogens is 3. The molecule has 0 aromatic carbocycles. The molecule has 1 spiro atoms. The van der Waals surface area contributed by atoms with Gasteiger partial charge >= 0.3 is 0 Å². The molecule has 2 aliphatic carbocycles. The molecule has 6 heteroatoms. The summed E-state index contributed by atoms with van der Waals surface area (Å²) in [4.78, 5) is 28.5. The molecule has 0 bridgehead atoms. The lowest BCUT2D eigenvalue weighted by molar-refractivity contribution is 0.0633. The number of fused-ring (bicyclic) bond motifs is 3. The summed E-state index contributed by atoms with van der Waals surface area (Å²) in [6.07, 6.45) is 12.1. The molecule has 1 unspecified atom stereocenters. The van der Waals surface area contributed by atoms with Gasteiger partial charge in [-0.3, -0.25) is 9.78 Å². The van der Waals surface area contributed by atoms with Crippen LogP contribution in [0.1, 0.15) is 65.0 Å². The lowest BCUT2D eigenvalue weighted by Crippen LogP contribution is -2.48. The molecule has 1 saturated heterocycles. The Morgan fingerprint density at radius 2 is 1.93 bits per heavy atom. The number of hydrogen-bond acceptors (Lipinski definition) is 5. The van der Waals surface area contributed by atoms with Gasteiger partial charge in [0.25, 0.3) is 5.91 Å². The Hall–Kier alpha value is -2.50. The summed E-state index contributed by atoms with van der Waals surface area (Å²) in [5.74, 6) is 0.433. The first-order chi connectivity index (χ1) is 13.1. The van der Waals surface area contributed by atoms with Gasteiger partial charge < -0.3 is 10.6 Å². The fraction of sp³-hybridized carbons (Fsp3) is 0.524. The Labute approximate surface area is 159 Å². The number of hydrogen-bond donors (Lipinski definition) is 1. The van der Waals surface area contributed by atoms with E-state index in [4.69, 9.17) is 5.73 Å². The summed E-state index contributed by atoms with van der Waals surface area (Å²) in [5.41, 5.74) is 11.2. The van der Waals surface area contributed by atoms with Crippen molar-refractivity contribution in [3.05, 3.63) is 46.5 Å². The van der Waals surface area contributed by atoms with Crippen molar-refractivity contribution >= 4 is 11.9 Å². The zero-order valence-corrected chi connectivity index (χ0v) is 15.6. The molecule has 1 fully saturated rings. The van der Waals surface area contributed by atoms with Crippen molar-refractivity contribution in [3.63, 3.8) is 0 Å². The normalized spacial score (nSPS) is 23.9. The van der Waals surface area contributed by atoms with Gasteiger partial charge in [-0.2, -0.15) is 0 Å². The van der Waals surface area contributed by atoms with Crippen LogP contribution in [0.4, 0.5) is 5.95 Å². The minimum absolute atomic E-state index is 0.0675. The van der Waals surface area contributed by atoms with E-state index in [2.05, 4.69) is 21.0 Å². The topological polar surface area (TPSA) is 85.0 Å². The Morgan fingerprint density at radius 1 is 1.04 bits per heavy atom. The van der Waals surface area contributed by atoms with E-state index >= 15 is 0 Å². The number of amides is 1. The second-order valence-electron chi connectivity index (χ2n) is 8.25. The first-order valence-corrected chi connectivity index (χ1v) is 10.0. The Balaban J connectivity index is 1.42. The third-order valence-electron chi connectivity index (χ3n) is 6.54. The van der Waals surface area contributed by atoms with E-state index in [1.807, 2.05) is 11.1 Å². The molecule has 2 aromatic rings. The molecule has 1 amide bonds.